The summed E-state index contributed by atoms with van der Waals surface area (Å²) in [7, 11) is 1.85. The Bertz CT molecular complexity index is 558. The molecule has 1 aromatic heterocycles. The number of nitrogens with zero attached hydrogens (tertiary/aromatic N) is 3. The molecular weight excluding hydrogens is 222 g/mol. The third kappa shape index (κ3) is 2.60. The first kappa shape index (κ1) is 12.4. The summed E-state index contributed by atoms with van der Waals surface area (Å²) in [5.74, 6) is 0. The Labute approximate surface area is 108 Å². The van der Waals surface area contributed by atoms with E-state index in [1.165, 1.54) is 11.1 Å². The monoisotopic (exact) mass is 239 g/mol. The van der Waals surface area contributed by atoms with Crippen molar-refractivity contribution in [2.75, 3.05) is 0 Å². The van der Waals surface area contributed by atoms with E-state index in [2.05, 4.69) is 42.2 Å². The summed E-state index contributed by atoms with van der Waals surface area (Å²) in [6.07, 6.45) is 4.51. The number of hydrogen-bond donors (Lipinski definition) is 0. The molecule has 1 aromatic carbocycles. The first-order chi connectivity index (χ1) is 8.74. The molecule has 92 valence electrons. The normalized spacial score (nSPS) is 10.3. The minimum Gasteiger partial charge on any atom is -0.325 e. The van der Waals surface area contributed by atoms with Crippen LogP contribution in [0.4, 0.5) is 0 Å². The maximum absolute atomic E-state index is 9.04. The minimum absolute atomic E-state index is 0.667. The molecule has 2 aromatic rings. The van der Waals surface area contributed by atoms with Crippen LogP contribution in [-0.4, -0.2) is 9.55 Å². The quantitative estimate of drug-likeness (QED) is 0.823. The topological polar surface area (TPSA) is 41.6 Å². The van der Waals surface area contributed by atoms with E-state index < -0.39 is 0 Å². The molecule has 3 heteroatoms. The molecule has 0 radical (unpaired) electrons. The molecule has 0 N–H and O–H groups in total. The van der Waals surface area contributed by atoms with Crippen molar-refractivity contribution in [1.82, 2.24) is 9.55 Å². The van der Waals surface area contributed by atoms with Crippen molar-refractivity contribution in [2.45, 2.75) is 26.2 Å². The summed E-state index contributed by atoms with van der Waals surface area (Å²) in [5.41, 5.74) is 4.20. The highest BCUT2D eigenvalue weighted by atomic mass is 15.0. The number of aryl methyl sites for hydroxylation is 4. The molecule has 3 nitrogen and oxygen atoms in total. The van der Waals surface area contributed by atoms with Crippen molar-refractivity contribution < 1.29 is 0 Å². The van der Waals surface area contributed by atoms with Gasteiger partial charge in [0.25, 0.3) is 0 Å². The van der Waals surface area contributed by atoms with Crippen molar-refractivity contribution in [2.24, 2.45) is 7.05 Å². The van der Waals surface area contributed by atoms with E-state index in [1.54, 1.807) is 10.9 Å². The Morgan fingerprint density at radius 3 is 2.44 bits per heavy atom. The van der Waals surface area contributed by atoms with Gasteiger partial charge in [-0.25, -0.2) is 4.98 Å². The van der Waals surface area contributed by atoms with E-state index in [9.17, 15) is 0 Å². The molecule has 18 heavy (non-hydrogen) atoms. The number of nitriles is 1. The number of rotatable bonds is 4. The smallest absolute Gasteiger partial charge is 0.142 e. The fraction of sp³-hybridized carbons (Fsp3) is 0.333. The number of imidazole rings is 1. The highest BCUT2D eigenvalue weighted by Gasteiger charge is 2.07. The summed E-state index contributed by atoms with van der Waals surface area (Å²) >= 11 is 0. The van der Waals surface area contributed by atoms with Crippen LogP contribution in [0.5, 0.6) is 0 Å². The SMILES string of the molecule is CCc1ccc(CCc2ncn(C)c2C#N)cc1. The molecule has 0 bridgehead atoms. The lowest BCUT2D eigenvalue weighted by atomic mass is 10.0. The van der Waals surface area contributed by atoms with Crippen LogP contribution in [0.2, 0.25) is 0 Å². The van der Waals surface area contributed by atoms with Crippen LogP contribution in [0.15, 0.2) is 30.6 Å². The van der Waals surface area contributed by atoms with Crippen molar-refractivity contribution in [3.63, 3.8) is 0 Å². The third-order valence-electron chi connectivity index (χ3n) is 3.20. The summed E-state index contributed by atoms with van der Waals surface area (Å²) in [4.78, 5) is 4.28. The minimum atomic E-state index is 0.667. The van der Waals surface area contributed by atoms with Crippen molar-refractivity contribution >= 4 is 0 Å². The number of benzene rings is 1. The maximum atomic E-state index is 9.04. The fourth-order valence-electron chi connectivity index (χ4n) is 2.01. The zero-order valence-corrected chi connectivity index (χ0v) is 10.8. The van der Waals surface area contributed by atoms with Gasteiger partial charge in [-0.15, -0.1) is 0 Å². The lowest BCUT2D eigenvalue weighted by Crippen LogP contribution is -1.97. The van der Waals surface area contributed by atoms with E-state index in [1.807, 2.05) is 7.05 Å². The van der Waals surface area contributed by atoms with Crippen molar-refractivity contribution in [3.8, 4) is 6.07 Å². The van der Waals surface area contributed by atoms with Gasteiger partial charge >= 0.3 is 0 Å². The molecule has 0 aliphatic carbocycles. The van der Waals surface area contributed by atoms with Crippen LogP contribution >= 0.6 is 0 Å². The second kappa shape index (κ2) is 5.50. The average molecular weight is 239 g/mol. The Balaban J connectivity index is 2.04. The Morgan fingerprint density at radius 1 is 1.17 bits per heavy atom. The van der Waals surface area contributed by atoms with E-state index >= 15 is 0 Å². The predicted molar refractivity (Wildman–Crippen MR) is 71.2 cm³/mol. The van der Waals surface area contributed by atoms with Gasteiger partial charge in [-0.1, -0.05) is 31.2 Å². The summed E-state index contributed by atoms with van der Waals surface area (Å²) < 4.78 is 1.77. The zero-order chi connectivity index (χ0) is 13.0. The van der Waals surface area contributed by atoms with Crippen molar-refractivity contribution in [3.05, 3.63) is 53.1 Å². The van der Waals surface area contributed by atoms with Gasteiger partial charge in [-0.2, -0.15) is 5.26 Å². The second-order valence-electron chi connectivity index (χ2n) is 4.43. The van der Waals surface area contributed by atoms with Crippen LogP contribution < -0.4 is 0 Å². The van der Waals surface area contributed by atoms with E-state index in [-0.39, 0.29) is 0 Å². The maximum Gasteiger partial charge on any atom is 0.142 e. The highest BCUT2D eigenvalue weighted by molar-refractivity contribution is 5.29. The van der Waals surface area contributed by atoms with Gasteiger partial charge in [0.15, 0.2) is 0 Å². The van der Waals surface area contributed by atoms with E-state index in [4.69, 9.17) is 5.26 Å². The van der Waals surface area contributed by atoms with Gasteiger partial charge in [0.2, 0.25) is 0 Å². The average Bonchev–Trinajstić information content (AvgIpc) is 2.77. The molecule has 0 spiro atoms. The Morgan fingerprint density at radius 2 is 1.83 bits per heavy atom. The standard InChI is InChI=1S/C15H17N3/c1-3-12-4-6-13(7-5-12)8-9-14-15(10-16)18(2)11-17-14/h4-7,11H,3,8-9H2,1-2H3. The fourth-order valence-corrected chi connectivity index (χ4v) is 2.01. The van der Waals surface area contributed by atoms with Crippen LogP contribution in [0.25, 0.3) is 0 Å². The van der Waals surface area contributed by atoms with E-state index in [0.717, 1.165) is 25.0 Å². The van der Waals surface area contributed by atoms with Gasteiger partial charge in [0, 0.05) is 7.05 Å². The largest absolute Gasteiger partial charge is 0.325 e. The van der Waals surface area contributed by atoms with Gasteiger partial charge in [0.05, 0.1) is 12.0 Å². The molecule has 0 saturated carbocycles. The Hall–Kier alpha value is -2.08. The molecule has 1 heterocycles. The van der Waals surface area contributed by atoms with E-state index in [0.29, 0.717) is 5.69 Å². The van der Waals surface area contributed by atoms with Gasteiger partial charge in [-0.05, 0) is 30.4 Å². The first-order valence-electron chi connectivity index (χ1n) is 6.22. The van der Waals surface area contributed by atoms with Gasteiger partial charge in [0.1, 0.15) is 11.8 Å². The number of aromatic nitrogens is 2. The molecule has 0 fully saturated rings. The lowest BCUT2D eigenvalue weighted by Gasteiger charge is -2.02. The molecule has 2 rings (SSSR count). The molecule has 0 unspecified atom stereocenters. The molecular formula is C15H17N3. The summed E-state index contributed by atoms with van der Waals surface area (Å²) in [6, 6.07) is 10.9. The van der Waals surface area contributed by atoms with Gasteiger partial charge < -0.3 is 4.57 Å². The van der Waals surface area contributed by atoms with Crippen LogP contribution in [0.3, 0.4) is 0 Å². The Kier molecular flexibility index (Phi) is 3.78. The molecule has 0 aliphatic heterocycles. The molecule has 0 saturated heterocycles. The van der Waals surface area contributed by atoms with Crippen LogP contribution in [0, 0.1) is 11.3 Å². The third-order valence-corrected chi connectivity index (χ3v) is 3.20. The first-order valence-corrected chi connectivity index (χ1v) is 6.22. The zero-order valence-electron chi connectivity index (χ0n) is 10.8. The summed E-state index contributed by atoms with van der Waals surface area (Å²) in [6.45, 7) is 2.15. The van der Waals surface area contributed by atoms with Crippen LogP contribution in [0.1, 0.15) is 29.4 Å². The summed E-state index contributed by atoms with van der Waals surface area (Å²) in [5, 5.41) is 9.04. The van der Waals surface area contributed by atoms with Crippen molar-refractivity contribution in [1.29, 1.82) is 5.26 Å². The lowest BCUT2D eigenvalue weighted by molar-refractivity contribution is 0.883. The predicted octanol–water partition coefficient (Wildman–Crippen LogP) is 2.64. The molecule has 0 amide bonds. The molecule has 0 aliphatic rings. The van der Waals surface area contributed by atoms with Crippen LogP contribution in [-0.2, 0) is 26.3 Å². The second-order valence-corrected chi connectivity index (χ2v) is 4.43. The molecule has 0 atom stereocenters. The van der Waals surface area contributed by atoms with Gasteiger partial charge in [-0.3, -0.25) is 0 Å². The highest BCUT2D eigenvalue weighted by Crippen LogP contribution is 2.11. The number of hydrogen-bond acceptors (Lipinski definition) is 2.